The first-order valence-electron chi connectivity index (χ1n) is 8.12. The third-order valence-electron chi connectivity index (χ3n) is 3.96. The third-order valence-corrected chi connectivity index (χ3v) is 4.21. The van der Waals surface area contributed by atoms with E-state index in [1.54, 1.807) is 0 Å². The number of likely N-dealkylation sites (tertiary alicyclic amines) is 1. The zero-order chi connectivity index (χ0) is 15.8. The molecule has 1 unspecified atom stereocenters. The molecular weight excluding hydrogens is 423 g/mol. The van der Waals surface area contributed by atoms with Crippen LogP contribution in [0.25, 0.3) is 0 Å². The Morgan fingerprint density at radius 1 is 1.30 bits per heavy atom. The van der Waals surface area contributed by atoms with Gasteiger partial charge in [0.05, 0.1) is 6.54 Å². The van der Waals surface area contributed by atoms with E-state index in [9.17, 15) is 0 Å². The van der Waals surface area contributed by atoms with E-state index in [0.29, 0.717) is 12.5 Å². The molecule has 0 radical (unpaired) electrons. The number of benzene rings is 1. The molecule has 1 atom stereocenters. The predicted molar refractivity (Wildman–Crippen MR) is 110 cm³/mol. The van der Waals surface area contributed by atoms with Gasteiger partial charge in [0.2, 0.25) is 0 Å². The summed E-state index contributed by atoms with van der Waals surface area (Å²) in [6.45, 7) is 7.00. The molecule has 1 aliphatic heterocycles. The first kappa shape index (κ1) is 20.5. The fourth-order valence-corrected chi connectivity index (χ4v) is 2.91. The molecule has 1 aromatic carbocycles. The van der Waals surface area contributed by atoms with Crippen molar-refractivity contribution in [2.45, 2.75) is 26.3 Å². The Kier molecular flexibility index (Phi) is 9.90. The maximum absolute atomic E-state index is 5.91. The average molecular weight is 451 g/mol. The molecule has 0 saturated carbocycles. The molecule has 1 aliphatic rings. The van der Waals surface area contributed by atoms with Crippen molar-refractivity contribution in [1.82, 2.24) is 15.5 Å². The standard InChI is InChI=1S/C17H27ClN4.HI/c1-3-19-17(20-11-14-6-8-16(18)9-7-14)21-12-15-5-4-10-22(2)13-15;/h6-9,15H,3-5,10-13H2,1-2H3,(H2,19,20,21);1H. The number of nitrogens with zero attached hydrogens (tertiary/aromatic N) is 2. The molecule has 2 rings (SSSR count). The summed E-state index contributed by atoms with van der Waals surface area (Å²) in [4.78, 5) is 7.06. The van der Waals surface area contributed by atoms with Gasteiger partial charge in [0.15, 0.2) is 5.96 Å². The minimum atomic E-state index is 0. The molecule has 6 heteroatoms. The highest BCUT2D eigenvalue weighted by molar-refractivity contribution is 14.0. The van der Waals surface area contributed by atoms with Gasteiger partial charge in [-0.15, -0.1) is 24.0 Å². The van der Waals surface area contributed by atoms with Gasteiger partial charge in [-0.2, -0.15) is 0 Å². The minimum absolute atomic E-state index is 0. The molecule has 0 aromatic heterocycles. The molecule has 0 spiro atoms. The summed E-state index contributed by atoms with van der Waals surface area (Å²) in [5.41, 5.74) is 1.17. The molecule has 0 amide bonds. The van der Waals surface area contributed by atoms with Crippen LogP contribution in [0.5, 0.6) is 0 Å². The summed E-state index contributed by atoms with van der Waals surface area (Å²) in [7, 11) is 2.20. The lowest BCUT2D eigenvalue weighted by molar-refractivity contribution is 0.210. The van der Waals surface area contributed by atoms with Crippen molar-refractivity contribution in [2.75, 3.05) is 33.2 Å². The van der Waals surface area contributed by atoms with Crippen molar-refractivity contribution < 1.29 is 0 Å². The summed E-state index contributed by atoms with van der Waals surface area (Å²) >= 11 is 5.91. The lowest BCUT2D eigenvalue weighted by Gasteiger charge is -2.30. The number of aliphatic imine (C=N–C) groups is 1. The van der Waals surface area contributed by atoms with Crippen LogP contribution in [0, 0.1) is 5.92 Å². The first-order valence-corrected chi connectivity index (χ1v) is 8.50. The number of hydrogen-bond donors (Lipinski definition) is 2. The second-order valence-electron chi connectivity index (χ2n) is 5.97. The van der Waals surface area contributed by atoms with Gasteiger partial charge in [0, 0.05) is 24.7 Å². The molecule has 1 aromatic rings. The Morgan fingerprint density at radius 3 is 2.70 bits per heavy atom. The van der Waals surface area contributed by atoms with Gasteiger partial charge >= 0.3 is 0 Å². The van der Waals surface area contributed by atoms with Crippen molar-refractivity contribution in [1.29, 1.82) is 0 Å². The van der Waals surface area contributed by atoms with Crippen LogP contribution in [0.2, 0.25) is 5.02 Å². The average Bonchev–Trinajstić information content (AvgIpc) is 2.52. The summed E-state index contributed by atoms with van der Waals surface area (Å²) in [5, 5.41) is 7.56. The van der Waals surface area contributed by atoms with Gasteiger partial charge < -0.3 is 15.5 Å². The van der Waals surface area contributed by atoms with Crippen molar-refractivity contribution in [2.24, 2.45) is 10.9 Å². The van der Waals surface area contributed by atoms with Crippen LogP contribution in [0.4, 0.5) is 0 Å². The minimum Gasteiger partial charge on any atom is -0.357 e. The molecule has 2 N–H and O–H groups in total. The molecule has 1 saturated heterocycles. The zero-order valence-corrected chi connectivity index (χ0v) is 17.1. The Hall–Kier alpha value is -0.530. The largest absolute Gasteiger partial charge is 0.357 e. The maximum atomic E-state index is 5.91. The maximum Gasteiger partial charge on any atom is 0.191 e. The lowest BCUT2D eigenvalue weighted by Crippen LogP contribution is -2.43. The molecular formula is C17H28ClIN4. The Balaban J connectivity index is 0.00000264. The molecule has 130 valence electrons. The van der Waals surface area contributed by atoms with Crippen molar-refractivity contribution in [3.63, 3.8) is 0 Å². The number of nitrogens with one attached hydrogen (secondary N) is 2. The van der Waals surface area contributed by atoms with E-state index in [4.69, 9.17) is 11.6 Å². The summed E-state index contributed by atoms with van der Waals surface area (Å²) in [6.07, 6.45) is 2.59. The monoisotopic (exact) mass is 450 g/mol. The number of hydrogen-bond acceptors (Lipinski definition) is 2. The first-order chi connectivity index (χ1) is 10.7. The number of guanidine groups is 1. The quantitative estimate of drug-likeness (QED) is 0.410. The van der Waals surface area contributed by atoms with Crippen LogP contribution in [0.15, 0.2) is 29.3 Å². The van der Waals surface area contributed by atoms with Crippen LogP contribution in [0.1, 0.15) is 25.3 Å². The van der Waals surface area contributed by atoms with Gasteiger partial charge in [0.25, 0.3) is 0 Å². The van der Waals surface area contributed by atoms with Crippen LogP contribution < -0.4 is 10.6 Å². The molecule has 4 nitrogen and oxygen atoms in total. The van der Waals surface area contributed by atoms with Gasteiger partial charge in [-0.25, -0.2) is 4.99 Å². The van der Waals surface area contributed by atoms with E-state index in [1.807, 2.05) is 24.3 Å². The highest BCUT2D eigenvalue weighted by atomic mass is 127. The Labute approximate surface area is 162 Å². The highest BCUT2D eigenvalue weighted by Gasteiger charge is 2.17. The topological polar surface area (TPSA) is 39.7 Å². The second kappa shape index (κ2) is 11.1. The van der Waals surface area contributed by atoms with Crippen molar-refractivity contribution in [3.8, 4) is 0 Å². The fourth-order valence-electron chi connectivity index (χ4n) is 2.78. The van der Waals surface area contributed by atoms with Gasteiger partial charge in [-0.1, -0.05) is 23.7 Å². The van der Waals surface area contributed by atoms with E-state index >= 15 is 0 Å². The molecule has 23 heavy (non-hydrogen) atoms. The summed E-state index contributed by atoms with van der Waals surface area (Å²) in [6, 6.07) is 7.85. The zero-order valence-electron chi connectivity index (χ0n) is 14.0. The van der Waals surface area contributed by atoms with Gasteiger partial charge in [0.1, 0.15) is 0 Å². The molecule has 0 bridgehead atoms. The normalized spacial score (nSPS) is 19.1. The van der Waals surface area contributed by atoms with E-state index in [1.165, 1.54) is 31.5 Å². The SMILES string of the molecule is CCNC(=NCc1ccc(Cl)cc1)NCC1CCCN(C)C1.I. The molecule has 0 aliphatic carbocycles. The number of halogens is 2. The van der Waals surface area contributed by atoms with E-state index < -0.39 is 0 Å². The number of rotatable bonds is 5. The Morgan fingerprint density at radius 2 is 2.04 bits per heavy atom. The van der Waals surface area contributed by atoms with Crippen LogP contribution in [-0.2, 0) is 6.54 Å². The summed E-state index contributed by atoms with van der Waals surface area (Å²) < 4.78 is 0. The number of piperidine rings is 1. The summed E-state index contributed by atoms with van der Waals surface area (Å²) in [5.74, 6) is 1.60. The van der Waals surface area contributed by atoms with Gasteiger partial charge in [-0.05, 0) is 57.0 Å². The predicted octanol–water partition coefficient (Wildman–Crippen LogP) is 3.35. The van der Waals surface area contributed by atoms with E-state index in [0.717, 1.165) is 24.1 Å². The van der Waals surface area contributed by atoms with Crippen molar-refractivity contribution >= 4 is 41.5 Å². The second-order valence-corrected chi connectivity index (χ2v) is 6.41. The smallest absolute Gasteiger partial charge is 0.191 e. The van der Waals surface area contributed by atoms with E-state index in [2.05, 4.69) is 34.5 Å². The van der Waals surface area contributed by atoms with E-state index in [-0.39, 0.29) is 24.0 Å². The van der Waals surface area contributed by atoms with Gasteiger partial charge in [-0.3, -0.25) is 0 Å². The third kappa shape index (κ3) is 7.72. The van der Waals surface area contributed by atoms with Crippen LogP contribution in [0.3, 0.4) is 0 Å². The van der Waals surface area contributed by atoms with Crippen molar-refractivity contribution in [3.05, 3.63) is 34.9 Å². The fraction of sp³-hybridized carbons (Fsp3) is 0.588. The Bertz CT molecular complexity index is 478. The van der Waals surface area contributed by atoms with Crippen LogP contribution in [-0.4, -0.2) is 44.1 Å². The lowest BCUT2D eigenvalue weighted by atomic mass is 9.99. The molecule has 1 heterocycles. The highest BCUT2D eigenvalue weighted by Crippen LogP contribution is 2.14. The molecule has 1 fully saturated rings. The van der Waals surface area contributed by atoms with Crippen LogP contribution >= 0.6 is 35.6 Å².